The molecule has 0 bridgehead atoms. The Morgan fingerprint density at radius 1 is 0.456 bits per heavy atom. The van der Waals surface area contributed by atoms with Gasteiger partial charge in [0.2, 0.25) is 13.3 Å². The van der Waals surface area contributed by atoms with Crippen LogP contribution in [0, 0.1) is 137 Å². The van der Waals surface area contributed by atoms with Crippen LogP contribution in [0.25, 0.3) is 0 Å². The van der Waals surface area contributed by atoms with Crippen LogP contribution in [0.15, 0.2) is 54.6 Å². The van der Waals surface area contributed by atoms with Gasteiger partial charge in [-0.05, 0) is 105 Å². The molecule has 0 spiro atoms. The number of halogens is 2. The molecule has 0 unspecified atom stereocenters. The number of hydrogen-bond donors (Lipinski definition) is 0. The average Bonchev–Trinajstić information content (AvgIpc) is 3.88. The molecule has 2 fully saturated rings. The first kappa shape index (κ1) is 52.9. The molecule has 2 saturated heterocycles. The van der Waals surface area contributed by atoms with E-state index < -0.39 is 33.2 Å². The van der Waals surface area contributed by atoms with E-state index in [1.165, 1.54) is 96.1 Å². The van der Waals surface area contributed by atoms with Crippen molar-refractivity contribution < 1.29 is 33.2 Å². The van der Waals surface area contributed by atoms with Gasteiger partial charge in [-0.1, -0.05) is 35.4 Å². The van der Waals surface area contributed by atoms with Gasteiger partial charge in [-0.15, -0.1) is 0 Å². The van der Waals surface area contributed by atoms with Gasteiger partial charge in [0.25, 0.3) is 22.7 Å². The van der Waals surface area contributed by atoms with Crippen molar-refractivity contribution in [1.82, 2.24) is 0 Å². The van der Waals surface area contributed by atoms with E-state index in [0.717, 1.165) is 18.7 Å². The van der Waals surface area contributed by atoms with Gasteiger partial charge in [-0.3, -0.25) is 40.5 Å². The molecule has 16 nitrogen and oxygen atoms in total. The summed E-state index contributed by atoms with van der Waals surface area (Å²) in [6, 6.07) is 18.9. The first-order valence-corrected chi connectivity index (χ1v) is 26.9. The van der Waals surface area contributed by atoms with Crippen LogP contribution in [0.1, 0.15) is 72.3 Å². The summed E-state index contributed by atoms with van der Waals surface area (Å²) >= 11 is -1.61. The Morgan fingerprint density at radius 3 is 0.971 bits per heavy atom. The number of nitro groups is 4. The van der Waals surface area contributed by atoms with Crippen molar-refractivity contribution in [1.29, 1.82) is 0 Å². The van der Waals surface area contributed by atoms with Crippen LogP contribution in [-0.2, 0) is 13.5 Å². The third kappa shape index (κ3) is 11.3. The van der Waals surface area contributed by atoms with E-state index in [2.05, 4.69) is 88.9 Å². The number of anilines is 4. The van der Waals surface area contributed by atoms with Gasteiger partial charge in [0.1, 0.15) is 11.1 Å². The predicted molar refractivity (Wildman–Crippen MR) is 268 cm³/mol. The third-order valence-electron chi connectivity index (χ3n) is 11.9. The molecule has 2 heterocycles. The standard InChI is InChI=1S/C21H22N6O8.C21H26N2.C7H6.2ClH.Ru/c1-10-16(11(2)19(25(30)31)14(5)18(10)24(28)29)22-7-8-23(9-22)17-12(3)20(26(32)33)15(6)21(13(17)4)27(34)35;1-14-9-16(3)20(17(4)10-14)22-7-8-23(13-22)21-18(5)11-15(2)12-19(21)6;1-7-5-3-2-4-6-7;;;/h7-8H2,1-6H3;9-12H,7-8H2,1-6H3;1-6H;2*1H;/q;;;;;+2/p-2. The molecule has 0 saturated carbocycles. The Balaban J connectivity index is 0.000000222. The van der Waals surface area contributed by atoms with Gasteiger partial charge in [0.05, 0.1) is 53.3 Å². The van der Waals surface area contributed by atoms with E-state index in [0.29, 0.717) is 0 Å². The molecule has 4 radical (unpaired) electrons. The molecule has 0 N–H and O–H groups in total. The van der Waals surface area contributed by atoms with E-state index >= 15 is 0 Å². The van der Waals surface area contributed by atoms with Crippen molar-refractivity contribution in [3.05, 3.63) is 181 Å². The first-order chi connectivity index (χ1) is 31.9. The van der Waals surface area contributed by atoms with Gasteiger partial charge < -0.3 is 19.6 Å². The van der Waals surface area contributed by atoms with E-state index in [-0.39, 0.29) is 80.6 Å². The van der Waals surface area contributed by atoms with E-state index in [1.54, 1.807) is 0 Å². The van der Waals surface area contributed by atoms with Gasteiger partial charge in [0, 0.05) is 37.6 Å². The Bertz CT molecular complexity index is 2560. The fourth-order valence-corrected chi connectivity index (χ4v) is 11.4. The minimum absolute atomic E-state index is 0.0636. The van der Waals surface area contributed by atoms with E-state index in [4.69, 9.17) is 19.4 Å². The van der Waals surface area contributed by atoms with Crippen molar-refractivity contribution in [2.45, 2.75) is 83.1 Å². The molecule has 0 aliphatic carbocycles. The van der Waals surface area contributed by atoms with Crippen molar-refractivity contribution in [3.63, 3.8) is 0 Å². The zero-order valence-corrected chi connectivity index (χ0v) is 43.3. The molecular weight excluding hydrogens is 1000 g/mol. The number of aryl methyl sites for hydroxylation is 6. The molecule has 2 aliphatic heterocycles. The maximum absolute atomic E-state index is 11.7. The number of nitrogens with zero attached hydrogens (tertiary/aromatic N) is 8. The molecular formula is C49H54Cl2N8O8Ru. The normalized spacial score (nSPS) is 13.4. The van der Waals surface area contributed by atoms with E-state index in [1.807, 2.05) is 34.9 Å². The molecule has 19 heteroatoms. The van der Waals surface area contributed by atoms with Gasteiger partial charge in [0.15, 0.2) is 0 Å². The summed E-state index contributed by atoms with van der Waals surface area (Å²) in [5.74, 6) is 0. The SMILES string of the molecule is Cc1c(N2[C]N(c3c(C)c([N+](=O)[O-])c(C)c([N+](=O)[O-])c3C)CC2)c(C)c([N+](=O)[O-])c(C)c1[N+](=O)[O-].Cc1cc(C)c(N2[C]N(c3c(C)cc(C)cc3C)CC2)c(C)c1.[Cl][Ru]([Cl])=[CH]c1ccccc1. The van der Waals surface area contributed by atoms with Crippen LogP contribution in [0.2, 0.25) is 0 Å². The number of rotatable bonds is 9. The average molecular weight is 1050 g/mol. The first-order valence-electron chi connectivity index (χ1n) is 21.4. The number of nitro benzene ring substituents is 4. The summed E-state index contributed by atoms with van der Waals surface area (Å²) in [6.45, 7) is 30.6. The molecule has 68 heavy (non-hydrogen) atoms. The number of benzene rings is 5. The van der Waals surface area contributed by atoms with Gasteiger partial charge in [-0.2, -0.15) is 0 Å². The summed E-state index contributed by atoms with van der Waals surface area (Å²) in [4.78, 5) is 51.7. The van der Waals surface area contributed by atoms with E-state index in [9.17, 15) is 40.5 Å². The Morgan fingerprint density at radius 2 is 0.721 bits per heavy atom. The second-order valence-electron chi connectivity index (χ2n) is 16.9. The molecule has 2 aliphatic rings. The quantitative estimate of drug-likeness (QED) is 0.0774. The zero-order chi connectivity index (χ0) is 50.6. The van der Waals surface area contributed by atoms with Gasteiger partial charge in [-0.25, -0.2) is 0 Å². The summed E-state index contributed by atoms with van der Waals surface area (Å²) < 4.78 is 1.92. The summed E-state index contributed by atoms with van der Waals surface area (Å²) in [5, 5.41) is 46.8. The molecule has 7 rings (SSSR count). The van der Waals surface area contributed by atoms with Crippen LogP contribution >= 0.6 is 19.4 Å². The monoisotopic (exact) mass is 1050 g/mol. The second-order valence-corrected chi connectivity index (χ2v) is 22.6. The predicted octanol–water partition coefficient (Wildman–Crippen LogP) is 12.1. The van der Waals surface area contributed by atoms with Crippen molar-refractivity contribution in [2.24, 2.45) is 0 Å². The molecule has 0 amide bonds. The topological polar surface area (TPSA) is 186 Å². The molecule has 0 aromatic heterocycles. The van der Waals surface area contributed by atoms with Crippen molar-refractivity contribution in [2.75, 3.05) is 45.8 Å². The molecule has 0 atom stereocenters. The summed E-state index contributed by atoms with van der Waals surface area (Å²) in [7, 11) is 11.3. The second kappa shape index (κ2) is 21.9. The third-order valence-corrected chi connectivity index (χ3v) is 13.8. The molecule has 5 aromatic carbocycles. The molecule has 360 valence electrons. The van der Waals surface area contributed by atoms with Gasteiger partial charge >= 0.3 is 73.4 Å². The Kier molecular flexibility index (Phi) is 17.1. The summed E-state index contributed by atoms with van der Waals surface area (Å²) in [6.07, 6.45) is 0. The zero-order valence-electron chi connectivity index (χ0n) is 40.1. The minimum atomic E-state index is -1.61. The maximum atomic E-state index is 11.7. The van der Waals surface area contributed by atoms with Crippen molar-refractivity contribution in [3.8, 4) is 0 Å². The van der Waals surface area contributed by atoms with Crippen LogP contribution < -0.4 is 19.6 Å². The van der Waals surface area contributed by atoms with Crippen LogP contribution in [0.3, 0.4) is 0 Å². The fraction of sp³-hybridized carbons (Fsp3) is 0.327. The molecule has 5 aromatic rings. The fourth-order valence-electron chi connectivity index (χ4n) is 9.61. The number of hydrogen-bond acceptors (Lipinski definition) is 12. The summed E-state index contributed by atoms with van der Waals surface area (Å²) in [5.41, 5.74) is 11.3. The van der Waals surface area contributed by atoms with Crippen LogP contribution in [0.5, 0.6) is 0 Å². The van der Waals surface area contributed by atoms with Crippen LogP contribution in [-0.4, -0.2) is 50.5 Å². The Labute approximate surface area is 410 Å². The Hall–Kier alpha value is -6.03. The van der Waals surface area contributed by atoms with Crippen LogP contribution in [0.4, 0.5) is 45.5 Å². The van der Waals surface area contributed by atoms with Crippen molar-refractivity contribution >= 4 is 69.5 Å².